The lowest BCUT2D eigenvalue weighted by Crippen LogP contribution is -2.45. The minimum atomic E-state index is -4.53. The van der Waals surface area contributed by atoms with Gasteiger partial charge in [0.15, 0.2) is 0 Å². The van der Waals surface area contributed by atoms with E-state index in [-0.39, 0.29) is 11.5 Å². The Morgan fingerprint density at radius 3 is 2.72 bits per heavy atom. The second-order valence-electron chi connectivity index (χ2n) is 8.67. The van der Waals surface area contributed by atoms with Crippen molar-refractivity contribution in [3.05, 3.63) is 65.0 Å². The van der Waals surface area contributed by atoms with E-state index in [9.17, 15) is 18.0 Å². The highest BCUT2D eigenvalue weighted by molar-refractivity contribution is 7.08. The fraction of sp³-hybridized carbons (Fsp3) is 0.320. The molecule has 7 nitrogen and oxygen atoms in total. The third-order valence-corrected chi connectivity index (χ3v) is 6.99. The maximum atomic E-state index is 13.4. The van der Waals surface area contributed by atoms with E-state index in [1.807, 2.05) is 22.9 Å². The Morgan fingerprint density at radius 2 is 2.03 bits per heavy atom. The van der Waals surface area contributed by atoms with Gasteiger partial charge in [0.2, 0.25) is 0 Å². The second-order valence-corrected chi connectivity index (χ2v) is 9.45. The van der Waals surface area contributed by atoms with Crippen LogP contribution in [0.15, 0.2) is 58.0 Å². The molecule has 0 radical (unpaired) electrons. The number of nitrogens with one attached hydrogen (secondary N) is 2. The Kier molecular flexibility index (Phi) is 6.82. The Hall–Kier alpha value is -3.60. The third kappa shape index (κ3) is 5.30. The Balaban J connectivity index is 1.24. The molecule has 36 heavy (non-hydrogen) atoms. The lowest BCUT2D eigenvalue weighted by atomic mass is 9.97. The van der Waals surface area contributed by atoms with Crippen molar-refractivity contribution in [1.29, 1.82) is 0 Å². The standard InChI is InChI=1S/C25H24F3N5O2S/c26-25(27,28)21-4-3-19-22(32-21)20(17-7-11-36-15-17)14-30-23(19)29-12-16-5-8-33(9-6-16)24(34)31-13-18-2-1-10-35-18/h1-4,7,10-11,14-16H,5-6,8-9,12-13H2,(H,29,30)(H,31,34). The number of hydrogen-bond acceptors (Lipinski definition) is 6. The van der Waals surface area contributed by atoms with Crippen LogP contribution in [0.3, 0.4) is 0 Å². The molecule has 5 rings (SSSR count). The van der Waals surface area contributed by atoms with E-state index < -0.39 is 11.9 Å². The van der Waals surface area contributed by atoms with Crippen molar-refractivity contribution in [2.75, 3.05) is 25.0 Å². The fourth-order valence-electron chi connectivity index (χ4n) is 4.31. The van der Waals surface area contributed by atoms with Gasteiger partial charge in [-0.05, 0) is 65.4 Å². The molecule has 0 aromatic carbocycles. The summed E-state index contributed by atoms with van der Waals surface area (Å²) in [5.74, 6) is 1.50. The van der Waals surface area contributed by atoms with Crippen molar-refractivity contribution in [1.82, 2.24) is 20.2 Å². The molecule has 1 saturated heterocycles. The van der Waals surface area contributed by atoms with Gasteiger partial charge in [0.25, 0.3) is 0 Å². The molecule has 1 fully saturated rings. The maximum absolute atomic E-state index is 13.4. The molecule has 0 atom stereocenters. The number of pyridine rings is 2. The number of anilines is 1. The number of hydrogen-bond donors (Lipinski definition) is 2. The zero-order valence-electron chi connectivity index (χ0n) is 19.2. The topological polar surface area (TPSA) is 83.3 Å². The number of furan rings is 1. The van der Waals surface area contributed by atoms with Gasteiger partial charge in [-0.3, -0.25) is 0 Å². The second kappa shape index (κ2) is 10.2. The highest BCUT2D eigenvalue weighted by Crippen LogP contribution is 2.35. The molecule has 0 spiro atoms. The number of piperidine rings is 1. The van der Waals surface area contributed by atoms with Gasteiger partial charge < -0.3 is 20.0 Å². The predicted molar refractivity (Wildman–Crippen MR) is 132 cm³/mol. The minimum absolute atomic E-state index is 0.124. The summed E-state index contributed by atoms with van der Waals surface area (Å²) in [5, 5.41) is 10.4. The average molecular weight is 516 g/mol. The largest absolute Gasteiger partial charge is 0.467 e. The minimum Gasteiger partial charge on any atom is -0.467 e. The van der Waals surface area contributed by atoms with Gasteiger partial charge in [-0.25, -0.2) is 14.8 Å². The number of rotatable bonds is 6. The van der Waals surface area contributed by atoms with Crippen molar-refractivity contribution >= 4 is 34.1 Å². The Morgan fingerprint density at radius 1 is 1.19 bits per heavy atom. The molecule has 5 heterocycles. The smallest absolute Gasteiger partial charge is 0.433 e. The van der Waals surface area contributed by atoms with Crippen LogP contribution in [-0.4, -0.2) is 40.5 Å². The van der Waals surface area contributed by atoms with E-state index in [0.717, 1.165) is 24.5 Å². The molecule has 4 aromatic heterocycles. The zero-order valence-corrected chi connectivity index (χ0v) is 20.0. The first-order chi connectivity index (χ1) is 17.4. The molecular weight excluding hydrogens is 491 g/mol. The van der Waals surface area contributed by atoms with Crippen LogP contribution in [-0.2, 0) is 12.7 Å². The number of aromatic nitrogens is 2. The van der Waals surface area contributed by atoms with E-state index >= 15 is 0 Å². The number of urea groups is 1. The van der Waals surface area contributed by atoms with E-state index in [0.29, 0.717) is 54.6 Å². The Labute approximate surface area is 209 Å². The molecule has 11 heteroatoms. The number of thiophene rings is 1. The van der Waals surface area contributed by atoms with Gasteiger partial charge >= 0.3 is 12.2 Å². The molecule has 0 bridgehead atoms. The molecule has 0 saturated carbocycles. The van der Waals surface area contributed by atoms with Crippen molar-refractivity contribution in [3.8, 4) is 11.1 Å². The van der Waals surface area contributed by atoms with Crippen LogP contribution < -0.4 is 10.6 Å². The first-order valence-electron chi connectivity index (χ1n) is 11.6. The summed E-state index contributed by atoms with van der Waals surface area (Å²) < 4.78 is 45.3. The number of halogens is 3. The number of likely N-dealkylation sites (tertiary alicyclic amines) is 1. The number of nitrogens with zero attached hydrogens (tertiary/aromatic N) is 3. The van der Waals surface area contributed by atoms with Crippen molar-refractivity contribution in [2.24, 2.45) is 5.92 Å². The number of amides is 2. The van der Waals surface area contributed by atoms with Crippen molar-refractivity contribution < 1.29 is 22.4 Å². The van der Waals surface area contributed by atoms with E-state index in [1.54, 1.807) is 23.4 Å². The molecular formula is C25H24F3N5O2S. The number of alkyl halides is 3. The molecule has 0 aliphatic carbocycles. The maximum Gasteiger partial charge on any atom is 0.433 e. The van der Waals surface area contributed by atoms with Gasteiger partial charge in [-0.1, -0.05) is 0 Å². The summed E-state index contributed by atoms with van der Waals surface area (Å²) in [6.45, 7) is 2.19. The summed E-state index contributed by atoms with van der Waals surface area (Å²) in [5.41, 5.74) is 0.690. The summed E-state index contributed by atoms with van der Waals surface area (Å²) >= 11 is 1.46. The zero-order chi connectivity index (χ0) is 25.1. The average Bonchev–Trinajstić information content (AvgIpc) is 3.60. The molecule has 1 aliphatic rings. The van der Waals surface area contributed by atoms with Crippen LogP contribution in [0.1, 0.15) is 24.3 Å². The number of fused-ring (bicyclic) bond motifs is 1. The van der Waals surface area contributed by atoms with Crippen LogP contribution in [0.2, 0.25) is 0 Å². The fourth-order valence-corrected chi connectivity index (χ4v) is 4.97. The first-order valence-corrected chi connectivity index (χ1v) is 12.5. The normalized spacial score (nSPS) is 14.8. The first kappa shape index (κ1) is 24.1. The summed E-state index contributed by atoms with van der Waals surface area (Å²) in [4.78, 5) is 22.7. The molecule has 1 aliphatic heterocycles. The SMILES string of the molecule is O=C(NCc1ccco1)N1CCC(CNc2ncc(-c3ccsc3)c3nc(C(F)(F)F)ccc23)CC1. The van der Waals surface area contributed by atoms with E-state index in [1.165, 1.54) is 17.4 Å². The monoisotopic (exact) mass is 515 g/mol. The van der Waals surface area contributed by atoms with Gasteiger partial charge in [0.1, 0.15) is 17.3 Å². The van der Waals surface area contributed by atoms with Crippen LogP contribution in [0, 0.1) is 5.92 Å². The number of carbonyl (C=O) groups excluding carboxylic acids is 1. The third-order valence-electron chi connectivity index (χ3n) is 6.30. The Bertz CT molecular complexity index is 1320. The van der Waals surface area contributed by atoms with Gasteiger partial charge in [-0.2, -0.15) is 24.5 Å². The van der Waals surface area contributed by atoms with Crippen LogP contribution in [0.25, 0.3) is 22.0 Å². The predicted octanol–water partition coefficient (Wildman–Crippen LogP) is 6.00. The van der Waals surface area contributed by atoms with E-state index in [4.69, 9.17) is 4.42 Å². The lowest BCUT2D eigenvalue weighted by Gasteiger charge is -2.32. The van der Waals surface area contributed by atoms with Gasteiger partial charge in [0.05, 0.1) is 18.3 Å². The molecule has 4 aromatic rings. The van der Waals surface area contributed by atoms with Crippen molar-refractivity contribution in [3.63, 3.8) is 0 Å². The molecule has 2 amide bonds. The highest BCUT2D eigenvalue weighted by atomic mass is 32.1. The van der Waals surface area contributed by atoms with Crippen LogP contribution in [0.4, 0.5) is 23.8 Å². The summed E-state index contributed by atoms with van der Waals surface area (Å²) in [6, 6.07) is 7.73. The molecule has 0 unspecified atom stereocenters. The molecule has 2 N–H and O–H groups in total. The lowest BCUT2D eigenvalue weighted by molar-refractivity contribution is -0.140. The summed E-state index contributed by atoms with van der Waals surface area (Å²) in [7, 11) is 0. The molecule has 188 valence electrons. The van der Waals surface area contributed by atoms with Gasteiger partial charge in [0, 0.05) is 36.8 Å². The quantitative estimate of drug-likeness (QED) is 0.329. The number of carbonyl (C=O) groups is 1. The van der Waals surface area contributed by atoms with Crippen LogP contribution in [0.5, 0.6) is 0 Å². The summed E-state index contributed by atoms with van der Waals surface area (Å²) in [6.07, 6.45) is 0.227. The van der Waals surface area contributed by atoms with Gasteiger partial charge in [-0.15, -0.1) is 0 Å². The van der Waals surface area contributed by atoms with Crippen molar-refractivity contribution in [2.45, 2.75) is 25.6 Å². The highest BCUT2D eigenvalue weighted by Gasteiger charge is 2.33. The van der Waals surface area contributed by atoms with Crippen LogP contribution >= 0.6 is 11.3 Å². The van der Waals surface area contributed by atoms with E-state index in [2.05, 4.69) is 20.6 Å².